The van der Waals surface area contributed by atoms with Gasteiger partial charge in [0, 0.05) is 36.2 Å². The van der Waals surface area contributed by atoms with Crippen LogP contribution in [0.3, 0.4) is 0 Å². The maximum Gasteiger partial charge on any atom is 0.405 e. The van der Waals surface area contributed by atoms with E-state index in [0.717, 1.165) is 6.08 Å². The van der Waals surface area contributed by atoms with E-state index in [1.54, 1.807) is 32.1 Å². The molecule has 4 N–H and O–H groups in total. The molecule has 0 saturated heterocycles. The molecule has 1 aliphatic carbocycles. The first-order chi connectivity index (χ1) is 18.3. The van der Waals surface area contributed by atoms with E-state index < -0.39 is 41.9 Å². The van der Waals surface area contributed by atoms with E-state index in [0.29, 0.717) is 12.0 Å². The Hall–Kier alpha value is -3.50. The van der Waals surface area contributed by atoms with Gasteiger partial charge in [0.1, 0.15) is 6.10 Å². The smallest absolute Gasteiger partial charge is 0.405 e. The fourth-order valence-corrected chi connectivity index (χ4v) is 4.84. The van der Waals surface area contributed by atoms with Gasteiger partial charge < -0.3 is 30.4 Å². The van der Waals surface area contributed by atoms with Crippen molar-refractivity contribution in [1.82, 2.24) is 5.32 Å². The van der Waals surface area contributed by atoms with Gasteiger partial charge in [0.2, 0.25) is 11.6 Å². The Morgan fingerprint density at radius 3 is 2.36 bits per heavy atom. The van der Waals surface area contributed by atoms with E-state index >= 15 is 0 Å². The summed E-state index contributed by atoms with van der Waals surface area (Å²) in [6.45, 7) is 8.88. The number of nitrogens with one attached hydrogen (secondary N) is 1. The van der Waals surface area contributed by atoms with E-state index in [2.05, 4.69) is 5.32 Å². The molecule has 0 spiro atoms. The predicted molar refractivity (Wildman–Crippen MR) is 145 cm³/mol. The summed E-state index contributed by atoms with van der Waals surface area (Å²) in [4.78, 5) is 50.5. The number of hydrogen-bond donors (Lipinski definition) is 3. The summed E-state index contributed by atoms with van der Waals surface area (Å²) in [5.41, 5.74) is 6.32. The van der Waals surface area contributed by atoms with Gasteiger partial charge in [-0.05, 0) is 38.2 Å². The summed E-state index contributed by atoms with van der Waals surface area (Å²) < 4.78 is 16.2. The molecule has 1 aliphatic heterocycles. The Morgan fingerprint density at radius 2 is 1.77 bits per heavy atom. The zero-order valence-electron chi connectivity index (χ0n) is 23.6. The van der Waals surface area contributed by atoms with Crippen LogP contribution >= 0.6 is 0 Å². The molecule has 0 fully saturated rings. The number of allylic oxidation sites excluding steroid dienone is 4. The summed E-state index contributed by atoms with van der Waals surface area (Å²) in [6.07, 6.45) is 5.18. The van der Waals surface area contributed by atoms with Gasteiger partial charge in [-0.15, -0.1) is 0 Å². The van der Waals surface area contributed by atoms with Crippen molar-refractivity contribution in [3.8, 4) is 0 Å². The van der Waals surface area contributed by atoms with Gasteiger partial charge in [-0.2, -0.15) is 0 Å². The van der Waals surface area contributed by atoms with E-state index in [4.69, 9.17) is 19.9 Å². The Balaban J connectivity index is 2.57. The van der Waals surface area contributed by atoms with Crippen molar-refractivity contribution >= 4 is 23.6 Å². The number of carbonyl (C=O) groups is 4. The van der Waals surface area contributed by atoms with Crippen LogP contribution in [0.25, 0.3) is 0 Å². The second kappa shape index (κ2) is 14.0. The normalized spacial score (nSPS) is 33.2. The zero-order chi connectivity index (χ0) is 29.4. The van der Waals surface area contributed by atoms with Crippen molar-refractivity contribution in [1.29, 1.82) is 0 Å². The summed E-state index contributed by atoms with van der Waals surface area (Å²) in [5.74, 6) is -2.56. The minimum atomic E-state index is -0.933. The summed E-state index contributed by atoms with van der Waals surface area (Å²) >= 11 is 0. The van der Waals surface area contributed by atoms with Crippen molar-refractivity contribution in [3.05, 3.63) is 58.6 Å². The largest absolute Gasteiger partial charge is 0.492 e. The third kappa shape index (κ3) is 8.24. The lowest BCUT2D eigenvalue weighted by Gasteiger charge is -2.29. The third-order valence-corrected chi connectivity index (χ3v) is 6.97. The second-order valence-corrected chi connectivity index (χ2v) is 10.2. The quantitative estimate of drug-likeness (QED) is 0.362. The van der Waals surface area contributed by atoms with Crippen LogP contribution in [0.1, 0.15) is 47.5 Å². The van der Waals surface area contributed by atoms with Gasteiger partial charge in [-0.25, -0.2) is 4.79 Å². The van der Waals surface area contributed by atoms with Crippen molar-refractivity contribution in [2.45, 2.75) is 65.8 Å². The molecule has 0 radical (unpaired) electrons. The fourth-order valence-electron chi connectivity index (χ4n) is 4.84. The van der Waals surface area contributed by atoms with E-state index in [1.807, 2.05) is 26.8 Å². The van der Waals surface area contributed by atoms with Crippen LogP contribution < -0.4 is 11.1 Å². The number of aliphatic hydroxyl groups excluding tert-OH is 1. The van der Waals surface area contributed by atoms with Crippen molar-refractivity contribution < 1.29 is 38.5 Å². The number of amides is 2. The summed E-state index contributed by atoms with van der Waals surface area (Å²) in [5, 5.41) is 13.7. The minimum absolute atomic E-state index is 0.0677. The van der Waals surface area contributed by atoms with Crippen LogP contribution in [-0.2, 0) is 28.6 Å². The lowest BCUT2D eigenvalue weighted by atomic mass is 9.85. The number of nitrogens with two attached hydrogens (primary N) is 1. The molecule has 1 heterocycles. The van der Waals surface area contributed by atoms with Gasteiger partial charge >= 0.3 is 6.09 Å². The number of ketones is 2. The lowest BCUT2D eigenvalue weighted by molar-refractivity contribution is -0.120. The van der Waals surface area contributed by atoms with E-state index in [-0.39, 0.29) is 46.8 Å². The number of fused-ring (bicyclic) bond motifs is 2. The summed E-state index contributed by atoms with van der Waals surface area (Å²) in [6, 6.07) is 0. The van der Waals surface area contributed by atoms with E-state index in [1.165, 1.54) is 14.2 Å². The SMILES string of the molecule is COC1=C2C[C@@H](C)C[C@H](OC)[C@H](O)[C@@H](C)/C=C(/C)[C@H](OC(N)=O)[C@@H](C)/C=C/C=C(/C)C(=O)NC(=CC1=O)C2=O. The Morgan fingerprint density at radius 1 is 1.10 bits per heavy atom. The molecule has 2 amide bonds. The third-order valence-electron chi connectivity index (χ3n) is 6.97. The highest BCUT2D eigenvalue weighted by atomic mass is 16.6. The molecule has 6 atom stereocenters. The van der Waals surface area contributed by atoms with Gasteiger partial charge in [0.25, 0.3) is 5.91 Å². The Bertz CT molecular complexity index is 1130. The molecular formula is C29H40N2O8. The summed E-state index contributed by atoms with van der Waals surface area (Å²) in [7, 11) is 2.81. The van der Waals surface area contributed by atoms with Crippen LogP contribution in [0, 0.1) is 17.8 Å². The topological polar surface area (TPSA) is 154 Å². The molecule has 0 aromatic carbocycles. The highest BCUT2D eigenvalue weighted by Gasteiger charge is 2.33. The fraction of sp³-hybridized carbons (Fsp3) is 0.517. The van der Waals surface area contributed by atoms with Crippen molar-refractivity contribution in [3.63, 3.8) is 0 Å². The average Bonchev–Trinajstić information content (AvgIpc) is 2.87. The van der Waals surface area contributed by atoms with Crippen LogP contribution in [-0.4, -0.2) is 61.2 Å². The second-order valence-electron chi connectivity index (χ2n) is 10.2. The molecular weight excluding hydrogens is 504 g/mol. The molecule has 2 aliphatic rings. The number of methoxy groups -OCH3 is 2. The zero-order valence-corrected chi connectivity index (χ0v) is 23.6. The first-order valence-corrected chi connectivity index (χ1v) is 12.9. The molecule has 0 aromatic rings. The standard InChI is InChI=1S/C29H40N2O8/c1-15-11-20-25(34)21(14-22(32)27(20)38-7)31-28(35)17(3)10-8-9-16(2)26(39-29(30)36)19(5)13-18(4)24(33)23(12-15)37-6/h8-10,13-16,18,23-24,26,33H,11-12H2,1-7H3,(H2,30,36)(H,31,35)/b9-8+,17-10-,19-13-/t15-,16+,18+,23+,24-,26-/m1/s1. The maximum atomic E-state index is 13.3. The number of rotatable bonds is 3. The molecule has 0 unspecified atom stereocenters. The molecule has 39 heavy (non-hydrogen) atoms. The molecule has 10 heteroatoms. The molecule has 2 rings (SSSR count). The van der Waals surface area contributed by atoms with Crippen LogP contribution in [0.2, 0.25) is 0 Å². The minimum Gasteiger partial charge on any atom is -0.492 e. The maximum absolute atomic E-state index is 13.3. The highest BCUT2D eigenvalue weighted by Crippen LogP contribution is 2.29. The predicted octanol–water partition coefficient (Wildman–Crippen LogP) is 3.03. The number of carbonyl (C=O) groups excluding carboxylic acids is 4. The molecule has 214 valence electrons. The van der Waals surface area contributed by atoms with Crippen molar-refractivity contribution in [2.24, 2.45) is 23.5 Å². The number of ether oxygens (including phenoxy) is 3. The van der Waals surface area contributed by atoms with Gasteiger partial charge in [0.15, 0.2) is 5.76 Å². The van der Waals surface area contributed by atoms with Crippen LogP contribution in [0.15, 0.2) is 58.6 Å². The first kappa shape index (κ1) is 31.7. The monoisotopic (exact) mass is 544 g/mol. The molecule has 0 saturated carbocycles. The molecule has 10 nitrogen and oxygen atoms in total. The van der Waals surface area contributed by atoms with Crippen LogP contribution in [0.5, 0.6) is 0 Å². The number of hydrogen-bond acceptors (Lipinski definition) is 8. The number of Topliss-reactive ketones (excluding diaryl/α,β-unsaturated/α-hetero) is 1. The number of aliphatic hydroxyl groups is 1. The lowest BCUT2D eigenvalue weighted by Crippen LogP contribution is -2.36. The van der Waals surface area contributed by atoms with Gasteiger partial charge in [-0.1, -0.05) is 45.1 Å². The number of primary amides is 1. The van der Waals surface area contributed by atoms with Gasteiger partial charge in [-0.3, -0.25) is 14.4 Å². The highest BCUT2D eigenvalue weighted by molar-refractivity contribution is 6.23. The molecule has 2 bridgehead atoms. The first-order valence-electron chi connectivity index (χ1n) is 12.9. The van der Waals surface area contributed by atoms with Gasteiger partial charge in [0.05, 0.1) is 25.0 Å². The Kier molecular flexibility index (Phi) is 11.4. The Labute approximate surface area is 229 Å². The van der Waals surface area contributed by atoms with Crippen LogP contribution in [0.4, 0.5) is 4.79 Å². The molecule has 0 aromatic heterocycles. The average molecular weight is 545 g/mol. The van der Waals surface area contributed by atoms with Crippen molar-refractivity contribution in [2.75, 3.05) is 14.2 Å². The van der Waals surface area contributed by atoms with E-state index in [9.17, 15) is 24.3 Å².